The fraction of sp³-hybridized carbons (Fsp3) is 0.185. The number of methoxy groups -OCH3 is 1. The third-order valence-electron chi connectivity index (χ3n) is 5.92. The lowest BCUT2D eigenvalue weighted by Gasteiger charge is -2.08. The standard InChI is InChI=1S/C27H23NO5S/c1-16-23(13-17-10-11-21-22(12-17)33-15-32-21)34-26(25(16)27(30)31-2)28-24(29)14-19-8-5-7-18-6-3-4-9-20(18)19/h3-12H,13-15H2,1-2H3,(H,28,29). The van der Waals surface area contributed by atoms with Gasteiger partial charge in [0, 0.05) is 11.3 Å². The summed E-state index contributed by atoms with van der Waals surface area (Å²) in [5, 5.41) is 5.59. The van der Waals surface area contributed by atoms with Crippen molar-refractivity contribution >= 4 is 39.0 Å². The maximum absolute atomic E-state index is 13.0. The predicted octanol–water partition coefficient (Wildman–Crippen LogP) is 5.50. The van der Waals surface area contributed by atoms with Crippen LogP contribution in [0.2, 0.25) is 0 Å². The number of hydrogen-bond acceptors (Lipinski definition) is 6. The highest BCUT2D eigenvalue weighted by molar-refractivity contribution is 7.17. The van der Waals surface area contributed by atoms with Gasteiger partial charge in [-0.15, -0.1) is 11.3 Å². The average Bonchev–Trinajstić information content (AvgIpc) is 3.42. The number of carbonyl (C=O) groups excluding carboxylic acids is 2. The lowest BCUT2D eigenvalue weighted by atomic mass is 10.0. The van der Waals surface area contributed by atoms with Crippen molar-refractivity contribution in [3.63, 3.8) is 0 Å². The molecule has 3 aromatic carbocycles. The highest BCUT2D eigenvalue weighted by atomic mass is 32.1. The number of ether oxygens (including phenoxy) is 3. The van der Waals surface area contributed by atoms with Crippen LogP contribution in [0.5, 0.6) is 11.5 Å². The van der Waals surface area contributed by atoms with Crippen molar-refractivity contribution in [1.29, 1.82) is 0 Å². The zero-order chi connectivity index (χ0) is 23.7. The van der Waals surface area contributed by atoms with Crippen molar-refractivity contribution in [2.45, 2.75) is 19.8 Å². The van der Waals surface area contributed by atoms with Crippen LogP contribution in [0.15, 0.2) is 60.7 Å². The van der Waals surface area contributed by atoms with Crippen LogP contribution in [0.25, 0.3) is 10.8 Å². The third-order valence-corrected chi connectivity index (χ3v) is 7.13. The first-order chi connectivity index (χ1) is 16.5. The first-order valence-corrected chi connectivity index (χ1v) is 11.7. The lowest BCUT2D eigenvalue weighted by Crippen LogP contribution is -2.16. The van der Waals surface area contributed by atoms with E-state index in [2.05, 4.69) is 5.32 Å². The lowest BCUT2D eigenvalue weighted by molar-refractivity contribution is -0.115. The number of hydrogen-bond donors (Lipinski definition) is 1. The van der Waals surface area contributed by atoms with Crippen molar-refractivity contribution in [3.05, 3.63) is 87.8 Å². The van der Waals surface area contributed by atoms with Crippen LogP contribution in [-0.2, 0) is 22.4 Å². The van der Waals surface area contributed by atoms with Crippen LogP contribution in [0.4, 0.5) is 5.00 Å². The second-order valence-electron chi connectivity index (χ2n) is 8.07. The van der Waals surface area contributed by atoms with Gasteiger partial charge in [0.15, 0.2) is 11.5 Å². The molecule has 1 aromatic heterocycles. The highest BCUT2D eigenvalue weighted by Crippen LogP contribution is 2.37. The van der Waals surface area contributed by atoms with Crippen LogP contribution >= 0.6 is 11.3 Å². The number of benzene rings is 3. The smallest absolute Gasteiger partial charge is 0.341 e. The van der Waals surface area contributed by atoms with Crippen molar-refractivity contribution in [3.8, 4) is 11.5 Å². The average molecular weight is 474 g/mol. The number of esters is 1. The topological polar surface area (TPSA) is 73.9 Å². The van der Waals surface area contributed by atoms with Gasteiger partial charge in [0.05, 0.1) is 19.1 Å². The highest BCUT2D eigenvalue weighted by Gasteiger charge is 2.24. The molecule has 2 heterocycles. The molecule has 0 spiro atoms. The number of nitrogens with one attached hydrogen (secondary N) is 1. The Morgan fingerprint density at radius 1 is 1.03 bits per heavy atom. The van der Waals surface area contributed by atoms with E-state index >= 15 is 0 Å². The van der Waals surface area contributed by atoms with E-state index in [0.717, 1.165) is 38.1 Å². The quantitative estimate of drug-likeness (QED) is 0.375. The monoisotopic (exact) mass is 473 g/mol. The number of amides is 1. The molecular formula is C27H23NO5S. The summed E-state index contributed by atoms with van der Waals surface area (Å²) < 4.78 is 15.9. The summed E-state index contributed by atoms with van der Waals surface area (Å²) in [6.45, 7) is 2.10. The molecule has 5 rings (SSSR count). The molecule has 6 nitrogen and oxygen atoms in total. The number of rotatable bonds is 6. The Kier molecular flexibility index (Phi) is 5.94. The molecular weight excluding hydrogens is 450 g/mol. The first-order valence-electron chi connectivity index (χ1n) is 10.9. The molecule has 0 radical (unpaired) electrons. The van der Waals surface area contributed by atoms with Crippen LogP contribution in [0.1, 0.15) is 31.9 Å². The predicted molar refractivity (Wildman–Crippen MR) is 132 cm³/mol. The SMILES string of the molecule is COC(=O)c1c(NC(=O)Cc2cccc3ccccc23)sc(Cc2ccc3c(c2)OCO3)c1C. The van der Waals surface area contributed by atoms with Crippen molar-refractivity contribution < 1.29 is 23.8 Å². The van der Waals surface area contributed by atoms with Gasteiger partial charge < -0.3 is 19.5 Å². The fourth-order valence-corrected chi connectivity index (χ4v) is 5.44. The molecule has 0 saturated heterocycles. The van der Waals surface area contributed by atoms with E-state index in [1.807, 2.05) is 67.6 Å². The summed E-state index contributed by atoms with van der Waals surface area (Å²) in [5.74, 6) is 0.787. The Bertz CT molecular complexity index is 1400. The van der Waals surface area contributed by atoms with Gasteiger partial charge >= 0.3 is 5.97 Å². The summed E-state index contributed by atoms with van der Waals surface area (Å²) >= 11 is 1.40. The minimum absolute atomic E-state index is 0.183. The largest absolute Gasteiger partial charge is 0.465 e. The molecule has 1 N–H and O–H groups in total. The maximum atomic E-state index is 13.0. The van der Waals surface area contributed by atoms with Gasteiger partial charge in [0.25, 0.3) is 0 Å². The van der Waals surface area contributed by atoms with E-state index < -0.39 is 5.97 Å². The zero-order valence-electron chi connectivity index (χ0n) is 18.8. The van der Waals surface area contributed by atoms with E-state index in [1.54, 1.807) is 0 Å². The molecule has 1 amide bonds. The van der Waals surface area contributed by atoms with Crippen LogP contribution < -0.4 is 14.8 Å². The normalized spacial score (nSPS) is 12.1. The number of anilines is 1. The van der Waals surface area contributed by atoms with Gasteiger partial charge in [-0.1, -0.05) is 48.5 Å². The van der Waals surface area contributed by atoms with E-state index in [4.69, 9.17) is 14.2 Å². The van der Waals surface area contributed by atoms with Crippen LogP contribution in [0, 0.1) is 6.92 Å². The van der Waals surface area contributed by atoms with Gasteiger partial charge in [0.1, 0.15) is 5.00 Å². The molecule has 0 bridgehead atoms. The van der Waals surface area contributed by atoms with Gasteiger partial charge in [-0.25, -0.2) is 4.79 Å². The van der Waals surface area contributed by atoms with Gasteiger partial charge in [-0.2, -0.15) is 0 Å². The van der Waals surface area contributed by atoms with Gasteiger partial charge in [-0.05, 0) is 46.5 Å². The number of carbonyl (C=O) groups is 2. The second-order valence-corrected chi connectivity index (χ2v) is 9.18. The Morgan fingerprint density at radius 2 is 1.82 bits per heavy atom. The molecule has 0 saturated carbocycles. The van der Waals surface area contributed by atoms with Crippen LogP contribution in [0.3, 0.4) is 0 Å². The zero-order valence-corrected chi connectivity index (χ0v) is 19.7. The summed E-state index contributed by atoms with van der Waals surface area (Å²) in [5.41, 5.74) is 3.16. The second kappa shape index (κ2) is 9.19. The molecule has 4 aromatic rings. The Hall–Kier alpha value is -3.84. The summed E-state index contributed by atoms with van der Waals surface area (Å²) in [7, 11) is 1.35. The molecule has 172 valence electrons. The van der Waals surface area contributed by atoms with E-state index in [0.29, 0.717) is 22.7 Å². The Morgan fingerprint density at radius 3 is 2.68 bits per heavy atom. The summed E-state index contributed by atoms with van der Waals surface area (Å²) in [4.78, 5) is 26.6. The summed E-state index contributed by atoms with van der Waals surface area (Å²) in [6.07, 6.45) is 0.798. The van der Waals surface area contributed by atoms with E-state index in [1.165, 1.54) is 18.4 Å². The molecule has 0 fully saturated rings. The van der Waals surface area contributed by atoms with E-state index in [9.17, 15) is 9.59 Å². The first kappa shape index (κ1) is 22.0. The number of fused-ring (bicyclic) bond motifs is 2. The molecule has 1 aliphatic rings. The summed E-state index contributed by atoms with van der Waals surface area (Å²) in [6, 6.07) is 19.7. The third kappa shape index (κ3) is 4.22. The van der Waals surface area contributed by atoms with Crippen molar-refractivity contribution in [2.75, 3.05) is 19.2 Å². The van der Waals surface area contributed by atoms with Gasteiger partial charge in [0.2, 0.25) is 12.7 Å². The molecule has 0 aliphatic carbocycles. The van der Waals surface area contributed by atoms with E-state index in [-0.39, 0.29) is 19.1 Å². The van der Waals surface area contributed by atoms with Gasteiger partial charge in [-0.3, -0.25) is 4.79 Å². The molecule has 1 aliphatic heterocycles. The number of thiophene rings is 1. The molecule has 0 atom stereocenters. The maximum Gasteiger partial charge on any atom is 0.341 e. The fourth-order valence-electron chi connectivity index (χ4n) is 4.19. The molecule has 34 heavy (non-hydrogen) atoms. The Labute approximate surface area is 201 Å². The Balaban J connectivity index is 1.41. The van der Waals surface area contributed by atoms with Crippen LogP contribution in [-0.4, -0.2) is 25.8 Å². The minimum Gasteiger partial charge on any atom is -0.465 e. The minimum atomic E-state index is -0.467. The van der Waals surface area contributed by atoms with Crippen molar-refractivity contribution in [2.24, 2.45) is 0 Å². The molecule has 7 heteroatoms. The molecule has 0 unspecified atom stereocenters. The van der Waals surface area contributed by atoms with Crippen molar-refractivity contribution in [1.82, 2.24) is 0 Å².